The van der Waals surface area contributed by atoms with Crippen LogP contribution in [0.15, 0.2) is 33.7 Å². The van der Waals surface area contributed by atoms with Gasteiger partial charge in [0, 0.05) is 32.2 Å². The first-order valence-electron chi connectivity index (χ1n) is 7.78. The van der Waals surface area contributed by atoms with Crippen LogP contribution in [0.4, 0.5) is 4.39 Å². The number of benzene rings is 1. The van der Waals surface area contributed by atoms with Crippen molar-refractivity contribution in [3.63, 3.8) is 0 Å². The Labute approximate surface area is 145 Å². The highest BCUT2D eigenvalue weighted by Gasteiger charge is 2.31. The van der Waals surface area contributed by atoms with Gasteiger partial charge in [0.2, 0.25) is 10.0 Å². The zero-order valence-corrected chi connectivity index (χ0v) is 14.7. The van der Waals surface area contributed by atoms with Crippen LogP contribution in [-0.2, 0) is 10.0 Å². The summed E-state index contributed by atoms with van der Waals surface area (Å²) in [5.74, 6) is -0.194. The molecule has 1 aromatic heterocycles. The van der Waals surface area contributed by atoms with Gasteiger partial charge in [0.25, 0.3) is 5.91 Å². The van der Waals surface area contributed by atoms with Crippen molar-refractivity contribution < 1.29 is 22.1 Å². The molecule has 3 rings (SSSR count). The molecule has 1 amide bonds. The number of hydrogen-bond donors (Lipinski definition) is 0. The number of carbonyl (C=O) groups excluding carboxylic acids is 1. The normalized spacial score (nSPS) is 16.2. The van der Waals surface area contributed by atoms with Crippen LogP contribution in [0, 0.1) is 19.7 Å². The number of nitrogens with zero attached hydrogens (tertiary/aromatic N) is 3. The molecule has 25 heavy (non-hydrogen) atoms. The molecule has 0 N–H and O–H groups in total. The highest BCUT2D eigenvalue weighted by Crippen LogP contribution is 2.20. The fourth-order valence-electron chi connectivity index (χ4n) is 2.69. The molecule has 9 heteroatoms. The number of piperazine rings is 1. The molecular formula is C16H18FN3O4S. The molecule has 0 atom stereocenters. The highest BCUT2D eigenvalue weighted by molar-refractivity contribution is 7.89. The Kier molecular flexibility index (Phi) is 4.61. The van der Waals surface area contributed by atoms with Crippen LogP contribution in [-0.4, -0.2) is 54.9 Å². The Morgan fingerprint density at radius 1 is 1.16 bits per heavy atom. The van der Waals surface area contributed by atoms with Crippen molar-refractivity contribution in [3.05, 3.63) is 47.1 Å². The molecule has 7 nitrogen and oxygen atoms in total. The fraction of sp³-hybridized carbons (Fsp3) is 0.375. The summed E-state index contributed by atoms with van der Waals surface area (Å²) in [5, 5.41) is 3.69. The predicted octanol–water partition coefficient (Wildman–Crippen LogP) is 1.58. The highest BCUT2D eigenvalue weighted by atomic mass is 32.2. The second-order valence-electron chi connectivity index (χ2n) is 5.93. The molecule has 134 valence electrons. The summed E-state index contributed by atoms with van der Waals surface area (Å²) in [6.45, 7) is 4.06. The van der Waals surface area contributed by atoms with E-state index in [4.69, 9.17) is 4.52 Å². The summed E-state index contributed by atoms with van der Waals surface area (Å²) in [4.78, 5) is 13.9. The lowest BCUT2D eigenvalue weighted by atomic mass is 10.2. The maximum Gasteiger partial charge on any atom is 0.276 e. The van der Waals surface area contributed by atoms with Crippen LogP contribution in [0.25, 0.3) is 0 Å². The molecular weight excluding hydrogens is 349 g/mol. The molecule has 1 saturated heterocycles. The Balaban J connectivity index is 1.71. The summed E-state index contributed by atoms with van der Waals surface area (Å²) < 4.78 is 44.9. The Hall–Kier alpha value is -2.26. The van der Waals surface area contributed by atoms with E-state index in [0.29, 0.717) is 5.76 Å². The number of halogens is 1. The number of aryl methyl sites for hydroxylation is 2. The summed E-state index contributed by atoms with van der Waals surface area (Å²) >= 11 is 0. The van der Waals surface area contributed by atoms with Crippen LogP contribution in [0.3, 0.4) is 0 Å². The fourth-order valence-corrected chi connectivity index (χ4v) is 4.20. The van der Waals surface area contributed by atoms with Crippen LogP contribution >= 0.6 is 0 Å². The van der Waals surface area contributed by atoms with Crippen LogP contribution in [0.2, 0.25) is 0 Å². The molecule has 0 saturated carbocycles. The number of sulfonamides is 1. The van der Waals surface area contributed by atoms with Crippen molar-refractivity contribution in [1.29, 1.82) is 0 Å². The number of aromatic nitrogens is 1. The van der Waals surface area contributed by atoms with E-state index in [1.165, 1.54) is 23.4 Å². The third kappa shape index (κ3) is 3.42. The lowest BCUT2D eigenvalue weighted by Gasteiger charge is -2.33. The minimum Gasteiger partial charge on any atom is -0.361 e. The van der Waals surface area contributed by atoms with Crippen molar-refractivity contribution in [2.45, 2.75) is 18.7 Å². The lowest BCUT2D eigenvalue weighted by molar-refractivity contribution is 0.0687. The van der Waals surface area contributed by atoms with E-state index >= 15 is 0 Å². The van der Waals surface area contributed by atoms with Gasteiger partial charge in [-0.3, -0.25) is 4.79 Å². The van der Waals surface area contributed by atoms with E-state index in [1.807, 2.05) is 0 Å². The number of carbonyl (C=O) groups is 1. The molecule has 0 radical (unpaired) electrons. The molecule has 0 unspecified atom stereocenters. The molecule has 2 heterocycles. The minimum absolute atomic E-state index is 0.0540. The molecule has 0 aliphatic carbocycles. The summed E-state index contributed by atoms with van der Waals surface area (Å²) in [6, 6.07) is 5.27. The average Bonchev–Trinajstić information content (AvgIpc) is 3.03. The quantitative estimate of drug-likeness (QED) is 0.822. The summed E-state index contributed by atoms with van der Waals surface area (Å²) in [5.41, 5.74) is 0.485. The lowest BCUT2D eigenvalue weighted by Crippen LogP contribution is -2.50. The number of amides is 1. The second-order valence-corrected chi connectivity index (χ2v) is 7.87. The zero-order valence-electron chi connectivity index (χ0n) is 13.9. The van der Waals surface area contributed by atoms with Crippen molar-refractivity contribution in [2.24, 2.45) is 0 Å². The van der Waals surface area contributed by atoms with Crippen molar-refractivity contribution >= 4 is 15.9 Å². The first-order chi connectivity index (χ1) is 11.8. The van der Waals surface area contributed by atoms with E-state index in [1.54, 1.807) is 17.9 Å². The minimum atomic E-state index is -3.72. The Bertz CT molecular complexity index is 902. The SMILES string of the molecule is Cc1cc(C(=O)N2CCN(S(=O)(=O)c3ccc(F)c(C)c3)CC2)no1. The van der Waals surface area contributed by atoms with Gasteiger partial charge in [0.1, 0.15) is 11.6 Å². The largest absolute Gasteiger partial charge is 0.361 e. The van der Waals surface area contributed by atoms with Gasteiger partial charge in [-0.05, 0) is 37.6 Å². The number of rotatable bonds is 3. The molecule has 0 bridgehead atoms. The molecule has 2 aromatic rings. The van der Waals surface area contributed by atoms with E-state index < -0.39 is 15.8 Å². The van der Waals surface area contributed by atoms with E-state index in [9.17, 15) is 17.6 Å². The predicted molar refractivity (Wildman–Crippen MR) is 87.0 cm³/mol. The van der Waals surface area contributed by atoms with E-state index in [0.717, 1.165) is 6.07 Å². The third-order valence-corrected chi connectivity index (χ3v) is 6.03. The summed E-state index contributed by atoms with van der Waals surface area (Å²) in [6.07, 6.45) is 0. The Morgan fingerprint density at radius 3 is 2.40 bits per heavy atom. The van der Waals surface area contributed by atoms with Gasteiger partial charge in [-0.1, -0.05) is 5.16 Å². The van der Waals surface area contributed by atoms with Gasteiger partial charge in [-0.25, -0.2) is 12.8 Å². The Morgan fingerprint density at radius 2 is 1.84 bits per heavy atom. The van der Waals surface area contributed by atoms with Crippen molar-refractivity contribution in [1.82, 2.24) is 14.4 Å². The van der Waals surface area contributed by atoms with Gasteiger partial charge in [-0.15, -0.1) is 0 Å². The maximum atomic E-state index is 13.4. The van der Waals surface area contributed by atoms with Gasteiger partial charge in [0.05, 0.1) is 4.90 Å². The van der Waals surface area contributed by atoms with Gasteiger partial charge < -0.3 is 9.42 Å². The van der Waals surface area contributed by atoms with Crippen molar-refractivity contribution in [2.75, 3.05) is 26.2 Å². The molecule has 1 aliphatic rings. The van der Waals surface area contributed by atoms with Gasteiger partial charge >= 0.3 is 0 Å². The molecule has 1 aromatic carbocycles. The topological polar surface area (TPSA) is 83.7 Å². The van der Waals surface area contributed by atoms with E-state index in [-0.39, 0.29) is 48.2 Å². The van der Waals surface area contributed by atoms with Crippen LogP contribution < -0.4 is 0 Å². The average molecular weight is 367 g/mol. The molecule has 1 aliphatic heterocycles. The second kappa shape index (κ2) is 6.57. The standard InChI is InChI=1S/C16H18FN3O4S/c1-11-9-13(3-4-14(11)17)25(22,23)20-7-5-19(6-8-20)16(21)15-10-12(2)24-18-15/h3-4,9-10H,5-8H2,1-2H3. The maximum absolute atomic E-state index is 13.4. The zero-order chi connectivity index (χ0) is 18.2. The van der Waals surface area contributed by atoms with Crippen LogP contribution in [0.1, 0.15) is 21.8 Å². The third-order valence-electron chi connectivity index (χ3n) is 4.14. The first-order valence-corrected chi connectivity index (χ1v) is 9.22. The van der Waals surface area contributed by atoms with E-state index in [2.05, 4.69) is 5.16 Å². The summed E-state index contributed by atoms with van der Waals surface area (Å²) in [7, 11) is -3.72. The van der Waals surface area contributed by atoms with Crippen molar-refractivity contribution in [3.8, 4) is 0 Å². The molecule has 1 fully saturated rings. The van der Waals surface area contributed by atoms with Gasteiger partial charge in [-0.2, -0.15) is 4.31 Å². The molecule has 0 spiro atoms. The first kappa shape index (κ1) is 17.6. The number of hydrogen-bond acceptors (Lipinski definition) is 5. The monoisotopic (exact) mass is 367 g/mol. The smallest absolute Gasteiger partial charge is 0.276 e. The van der Waals surface area contributed by atoms with Gasteiger partial charge in [0.15, 0.2) is 5.69 Å². The van der Waals surface area contributed by atoms with Crippen LogP contribution in [0.5, 0.6) is 0 Å².